The van der Waals surface area contributed by atoms with E-state index in [0.29, 0.717) is 13.0 Å². The van der Waals surface area contributed by atoms with Gasteiger partial charge in [0.1, 0.15) is 5.75 Å². The van der Waals surface area contributed by atoms with Crippen molar-refractivity contribution >= 4 is 12.0 Å². The second-order valence-corrected chi connectivity index (χ2v) is 3.95. The highest BCUT2D eigenvalue weighted by atomic mass is 16.5. The van der Waals surface area contributed by atoms with E-state index in [0.717, 1.165) is 11.3 Å². The van der Waals surface area contributed by atoms with Crippen LogP contribution in [0.5, 0.6) is 5.75 Å². The minimum absolute atomic E-state index is 0.0775. The van der Waals surface area contributed by atoms with Crippen LogP contribution in [-0.2, 0) is 4.79 Å². The van der Waals surface area contributed by atoms with Gasteiger partial charge in [-0.1, -0.05) is 12.1 Å². The summed E-state index contributed by atoms with van der Waals surface area (Å²) in [5.74, 6) is 0.685. The normalized spacial score (nSPS) is 10.6. The van der Waals surface area contributed by atoms with Crippen LogP contribution in [0, 0.1) is 0 Å². The van der Waals surface area contributed by atoms with E-state index in [4.69, 9.17) is 9.84 Å². The predicted octanol–water partition coefficient (Wildman–Crippen LogP) is 1.55. The molecule has 1 aromatic rings. The molecular weight excluding hydrogens is 230 g/mol. The first kappa shape index (κ1) is 14.3. The molecule has 0 bridgehead atoms. The average molecular weight is 249 g/mol. The molecule has 18 heavy (non-hydrogen) atoms. The number of benzene rings is 1. The summed E-state index contributed by atoms with van der Waals surface area (Å²) in [5.41, 5.74) is 0.915. The first-order valence-electron chi connectivity index (χ1n) is 5.85. The standard InChI is InChI=1S/C14H19NO3/c1-15(9-4-10-16)14(17)8-7-12-5-3-6-13(11-12)18-2/h3,5-8,11,16H,4,9-10H2,1-2H3/b8-7+. The molecule has 0 aliphatic heterocycles. The number of carbonyl (C=O) groups excluding carboxylic acids is 1. The molecule has 0 spiro atoms. The molecule has 98 valence electrons. The molecule has 0 atom stereocenters. The summed E-state index contributed by atoms with van der Waals surface area (Å²) >= 11 is 0. The van der Waals surface area contributed by atoms with Crippen LogP contribution in [0.1, 0.15) is 12.0 Å². The fourth-order valence-corrected chi connectivity index (χ4v) is 1.46. The lowest BCUT2D eigenvalue weighted by Crippen LogP contribution is -2.26. The first-order valence-corrected chi connectivity index (χ1v) is 5.85. The van der Waals surface area contributed by atoms with E-state index in [1.807, 2.05) is 24.3 Å². The minimum atomic E-state index is -0.0775. The number of hydrogen-bond donors (Lipinski definition) is 1. The van der Waals surface area contributed by atoms with Gasteiger partial charge >= 0.3 is 0 Å². The Morgan fingerprint density at radius 3 is 2.94 bits per heavy atom. The van der Waals surface area contributed by atoms with E-state index >= 15 is 0 Å². The quantitative estimate of drug-likeness (QED) is 0.778. The van der Waals surface area contributed by atoms with Crippen molar-refractivity contribution in [3.63, 3.8) is 0 Å². The number of nitrogens with zero attached hydrogens (tertiary/aromatic N) is 1. The molecule has 0 saturated heterocycles. The van der Waals surface area contributed by atoms with E-state index in [9.17, 15) is 4.79 Å². The first-order chi connectivity index (χ1) is 8.67. The number of carbonyl (C=O) groups is 1. The fraction of sp³-hybridized carbons (Fsp3) is 0.357. The van der Waals surface area contributed by atoms with Crippen LogP contribution in [0.4, 0.5) is 0 Å². The molecular formula is C14H19NO3. The molecule has 4 heteroatoms. The Bertz CT molecular complexity index is 415. The maximum Gasteiger partial charge on any atom is 0.246 e. The number of rotatable bonds is 6. The van der Waals surface area contributed by atoms with Crippen molar-refractivity contribution in [2.75, 3.05) is 27.3 Å². The minimum Gasteiger partial charge on any atom is -0.497 e. The monoisotopic (exact) mass is 249 g/mol. The second-order valence-electron chi connectivity index (χ2n) is 3.95. The molecule has 1 aromatic carbocycles. The molecule has 0 fully saturated rings. The maximum atomic E-state index is 11.7. The third kappa shape index (κ3) is 4.59. The summed E-state index contributed by atoms with van der Waals surface area (Å²) < 4.78 is 5.11. The number of aliphatic hydroxyl groups excluding tert-OH is 1. The van der Waals surface area contributed by atoms with Crippen LogP contribution >= 0.6 is 0 Å². The second kappa shape index (κ2) is 7.50. The number of hydrogen-bond acceptors (Lipinski definition) is 3. The number of ether oxygens (including phenoxy) is 1. The van der Waals surface area contributed by atoms with Crippen LogP contribution in [-0.4, -0.2) is 43.2 Å². The van der Waals surface area contributed by atoms with Crippen LogP contribution < -0.4 is 4.74 Å². The molecule has 0 aromatic heterocycles. The lowest BCUT2D eigenvalue weighted by Gasteiger charge is -2.13. The maximum absolute atomic E-state index is 11.7. The van der Waals surface area contributed by atoms with Crippen molar-refractivity contribution in [3.05, 3.63) is 35.9 Å². The predicted molar refractivity (Wildman–Crippen MR) is 71.4 cm³/mol. The zero-order valence-electron chi connectivity index (χ0n) is 10.8. The van der Waals surface area contributed by atoms with Gasteiger partial charge in [-0.25, -0.2) is 0 Å². The van der Waals surface area contributed by atoms with Crippen molar-refractivity contribution < 1.29 is 14.6 Å². The van der Waals surface area contributed by atoms with E-state index in [1.165, 1.54) is 6.08 Å². The van der Waals surface area contributed by atoms with E-state index in [1.54, 1.807) is 25.1 Å². The highest BCUT2D eigenvalue weighted by Gasteiger charge is 2.03. The Morgan fingerprint density at radius 1 is 1.50 bits per heavy atom. The number of aliphatic hydroxyl groups is 1. The molecule has 0 heterocycles. The summed E-state index contributed by atoms with van der Waals surface area (Å²) in [5, 5.41) is 8.69. The SMILES string of the molecule is COc1cccc(/C=C/C(=O)N(C)CCCO)c1. The van der Waals surface area contributed by atoms with E-state index < -0.39 is 0 Å². The van der Waals surface area contributed by atoms with Gasteiger partial charge in [-0.15, -0.1) is 0 Å². The van der Waals surface area contributed by atoms with Crippen LogP contribution in [0.25, 0.3) is 6.08 Å². The number of likely N-dealkylation sites (N-methyl/N-ethyl adjacent to an activating group) is 1. The number of amides is 1. The highest BCUT2D eigenvalue weighted by Crippen LogP contribution is 2.13. The molecule has 0 aliphatic rings. The van der Waals surface area contributed by atoms with Crippen LogP contribution in [0.2, 0.25) is 0 Å². The van der Waals surface area contributed by atoms with Gasteiger partial charge in [0.25, 0.3) is 0 Å². The van der Waals surface area contributed by atoms with Gasteiger partial charge in [-0.3, -0.25) is 4.79 Å². The zero-order valence-corrected chi connectivity index (χ0v) is 10.8. The van der Waals surface area contributed by atoms with Gasteiger partial charge in [0, 0.05) is 26.3 Å². The van der Waals surface area contributed by atoms with Crippen molar-refractivity contribution in [1.82, 2.24) is 4.90 Å². The lowest BCUT2D eigenvalue weighted by molar-refractivity contribution is -0.124. The van der Waals surface area contributed by atoms with Crippen molar-refractivity contribution in [3.8, 4) is 5.75 Å². The van der Waals surface area contributed by atoms with Crippen molar-refractivity contribution in [1.29, 1.82) is 0 Å². The Labute approximate surface area is 107 Å². The smallest absolute Gasteiger partial charge is 0.246 e. The molecule has 1 rings (SSSR count). The summed E-state index contributed by atoms with van der Waals surface area (Å²) in [7, 11) is 3.32. The third-order valence-corrected chi connectivity index (χ3v) is 2.54. The Hall–Kier alpha value is -1.81. The molecule has 0 aliphatic carbocycles. The van der Waals surface area contributed by atoms with Crippen molar-refractivity contribution in [2.24, 2.45) is 0 Å². The molecule has 4 nitrogen and oxygen atoms in total. The van der Waals surface area contributed by atoms with E-state index in [2.05, 4.69) is 0 Å². The van der Waals surface area contributed by atoms with Crippen LogP contribution in [0.15, 0.2) is 30.3 Å². The molecule has 0 unspecified atom stereocenters. The molecule has 0 radical (unpaired) electrons. The molecule has 1 N–H and O–H groups in total. The van der Waals surface area contributed by atoms with Gasteiger partial charge in [0.2, 0.25) is 5.91 Å². The summed E-state index contributed by atoms with van der Waals surface area (Å²) in [6.07, 6.45) is 3.86. The number of methoxy groups -OCH3 is 1. The topological polar surface area (TPSA) is 49.8 Å². The van der Waals surface area contributed by atoms with Crippen LogP contribution in [0.3, 0.4) is 0 Å². The third-order valence-electron chi connectivity index (χ3n) is 2.54. The summed E-state index contributed by atoms with van der Waals surface area (Å²) in [4.78, 5) is 13.3. The fourth-order valence-electron chi connectivity index (χ4n) is 1.46. The summed E-state index contributed by atoms with van der Waals surface area (Å²) in [6, 6.07) is 7.49. The van der Waals surface area contributed by atoms with E-state index in [-0.39, 0.29) is 12.5 Å². The van der Waals surface area contributed by atoms with Crippen molar-refractivity contribution in [2.45, 2.75) is 6.42 Å². The van der Waals surface area contributed by atoms with Gasteiger partial charge in [0.15, 0.2) is 0 Å². The Balaban J connectivity index is 2.59. The average Bonchev–Trinajstić information content (AvgIpc) is 2.42. The molecule has 1 amide bonds. The lowest BCUT2D eigenvalue weighted by atomic mass is 10.2. The van der Waals surface area contributed by atoms with Gasteiger partial charge in [-0.2, -0.15) is 0 Å². The highest BCUT2D eigenvalue weighted by molar-refractivity contribution is 5.91. The Kier molecular flexibility index (Phi) is 5.94. The Morgan fingerprint density at radius 2 is 2.28 bits per heavy atom. The van der Waals surface area contributed by atoms with Gasteiger partial charge in [0.05, 0.1) is 7.11 Å². The molecule has 0 saturated carbocycles. The van der Waals surface area contributed by atoms with Gasteiger partial charge in [-0.05, 0) is 30.2 Å². The van der Waals surface area contributed by atoms with Gasteiger partial charge < -0.3 is 14.7 Å². The largest absolute Gasteiger partial charge is 0.497 e. The summed E-state index contributed by atoms with van der Waals surface area (Å²) in [6.45, 7) is 0.648. The zero-order chi connectivity index (χ0) is 13.4.